The van der Waals surface area contributed by atoms with Crippen LogP contribution in [0.15, 0.2) is 72.8 Å². The van der Waals surface area contributed by atoms with Crippen molar-refractivity contribution in [3.8, 4) is 33.9 Å². The van der Waals surface area contributed by atoms with Gasteiger partial charge in [-0.25, -0.2) is 19.1 Å². The summed E-state index contributed by atoms with van der Waals surface area (Å²) in [7, 11) is 1.59. The van der Waals surface area contributed by atoms with Crippen molar-refractivity contribution in [2.45, 2.75) is 27.7 Å². The summed E-state index contributed by atoms with van der Waals surface area (Å²) in [6, 6.07) is 22.5. The van der Waals surface area contributed by atoms with Crippen LogP contribution in [0.1, 0.15) is 38.1 Å². The maximum Gasteiger partial charge on any atom is 0.335 e. The van der Waals surface area contributed by atoms with Crippen LogP contribution < -0.4 is 15.1 Å². The van der Waals surface area contributed by atoms with Crippen molar-refractivity contribution < 1.29 is 14.7 Å². The number of anilines is 2. The van der Waals surface area contributed by atoms with Crippen LogP contribution in [-0.2, 0) is 0 Å². The van der Waals surface area contributed by atoms with Crippen LogP contribution in [-0.4, -0.2) is 59.9 Å². The maximum atomic E-state index is 13.4. The molecule has 2 N–H and O–H groups in total. The third-order valence-corrected chi connectivity index (χ3v) is 7.22. The average molecular weight is 540 g/mol. The number of nitrogens with one attached hydrogen (secondary N) is 1. The third-order valence-electron chi connectivity index (χ3n) is 7.22. The molecule has 0 aliphatic rings. The quantitative estimate of drug-likeness (QED) is 0.240. The summed E-state index contributed by atoms with van der Waals surface area (Å²) in [5.41, 5.74) is 6.10. The molecule has 40 heavy (non-hydrogen) atoms. The minimum absolute atomic E-state index is 0.168. The molecule has 0 bridgehead atoms. The maximum absolute atomic E-state index is 13.4. The summed E-state index contributed by atoms with van der Waals surface area (Å²) in [5, 5.41) is 12.1. The molecule has 0 aliphatic carbocycles. The molecule has 1 amide bonds. The second-order valence-corrected chi connectivity index (χ2v) is 9.34. The lowest BCUT2D eigenvalue weighted by molar-refractivity contribution is 0.0697. The molecule has 0 fully saturated rings. The molecule has 0 saturated carbocycles. The zero-order valence-electron chi connectivity index (χ0n) is 23.8. The Bertz CT molecular complexity index is 1450. The Morgan fingerprint density at radius 1 is 0.725 bits per heavy atom. The predicted octanol–water partition coefficient (Wildman–Crippen LogP) is 6.46. The second kappa shape index (κ2) is 12.5. The second-order valence-electron chi connectivity index (χ2n) is 9.34. The minimum Gasteiger partial charge on any atom is -0.478 e. The molecule has 1 heterocycles. The molecular weight excluding hydrogens is 502 g/mol. The number of hydrogen-bond donors (Lipinski definition) is 2. The first-order chi connectivity index (χ1) is 19.4. The van der Waals surface area contributed by atoms with Crippen molar-refractivity contribution in [2.24, 2.45) is 0 Å². The monoisotopic (exact) mass is 539 g/mol. The Kier molecular flexibility index (Phi) is 8.89. The SMILES string of the molecule is CCN(CC)c1ccc(-c2nc(-c3ccc(C(=O)O)cc3)n(C(=O)NC)c2-c2ccc(N(CC)CC)cc2)cc1. The zero-order chi connectivity index (χ0) is 28.8. The van der Waals surface area contributed by atoms with E-state index in [9.17, 15) is 14.7 Å². The Morgan fingerprint density at radius 2 is 1.18 bits per heavy atom. The Labute approximate surface area is 235 Å². The Morgan fingerprint density at radius 3 is 1.60 bits per heavy atom. The number of carboxylic acid groups (broad SMARTS) is 1. The van der Waals surface area contributed by atoms with E-state index in [4.69, 9.17) is 4.98 Å². The standard InChI is InChI=1S/C32H37N5O3/c1-6-35(7-2)26-18-14-22(15-19-26)28-29(23-16-20-27(21-17-23)36(8-3)9-4)37(32(40)33-5)30(34-28)24-10-12-25(13-11-24)31(38)39/h10-21H,6-9H2,1-5H3,(H,33,40)(H,38,39). The zero-order valence-corrected chi connectivity index (χ0v) is 23.8. The summed E-state index contributed by atoms with van der Waals surface area (Å²) in [4.78, 5) is 34.4. The average Bonchev–Trinajstić information content (AvgIpc) is 3.39. The highest BCUT2D eigenvalue weighted by atomic mass is 16.4. The first-order valence-electron chi connectivity index (χ1n) is 13.8. The number of aromatic nitrogens is 2. The van der Waals surface area contributed by atoms with E-state index in [-0.39, 0.29) is 11.6 Å². The lowest BCUT2D eigenvalue weighted by Crippen LogP contribution is -2.26. The molecule has 0 radical (unpaired) electrons. The normalized spacial score (nSPS) is 10.8. The van der Waals surface area contributed by atoms with Gasteiger partial charge < -0.3 is 20.2 Å². The fraction of sp³-hybridized carbons (Fsp3) is 0.281. The van der Waals surface area contributed by atoms with E-state index < -0.39 is 5.97 Å². The van der Waals surface area contributed by atoms with E-state index in [1.54, 1.807) is 23.7 Å². The van der Waals surface area contributed by atoms with E-state index in [2.05, 4.69) is 67.1 Å². The number of hydrogen-bond acceptors (Lipinski definition) is 5. The van der Waals surface area contributed by atoms with E-state index in [1.165, 1.54) is 12.1 Å². The lowest BCUT2D eigenvalue weighted by atomic mass is 10.0. The van der Waals surface area contributed by atoms with Gasteiger partial charge in [-0.1, -0.05) is 36.4 Å². The number of imidazole rings is 1. The highest BCUT2D eigenvalue weighted by molar-refractivity contribution is 5.94. The smallest absolute Gasteiger partial charge is 0.335 e. The Balaban J connectivity index is 1.95. The molecule has 4 aromatic rings. The number of aromatic carboxylic acids is 1. The molecular formula is C32H37N5O3. The van der Waals surface area contributed by atoms with Crippen molar-refractivity contribution in [1.29, 1.82) is 0 Å². The van der Waals surface area contributed by atoms with Gasteiger partial charge in [-0.15, -0.1) is 0 Å². The molecule has 8 nitrogen and oxygen atoms in total. The highest BCUT2D eigenvalue weighted by Crippen LogP contribution is 2.37. The fourth-order valence-corrected chi connectivity index (χ4v) is 4.99. The van der Waals surface area contributed by atoms with Gasteiger partial charge in [-0.2, -0.15) is 0 Å². The summed E-state index contributed by atoms with van der Waals surface area (Å²) in [6.07, 6.45) is 0. The fourth-order valence-electron chi connectivity index (χ4n) is 4.99. The number of carbonyl (C=O) groups excluding carboxylic acids is 1. The van der Waals surface area contributed by atoms with Crippen LogP contribution in [0.2, 0.25) is 0 Å². The summed E-state index contributed by atoms with van der Waals surface area (Å²) in [5.74, 6) is -0.578. The molecule has 0 atom stereocenters. The van der Waals surface area contributed by atoms with Gasteiger partial charge in [0.2, 0.25) is 0 Å². The highest BCUT2D eigenvalue weighted by Gasteiger charge is 2.25. The summed E-state index contributed by atoms with van der Waals surface area (Å²) >= 11 is 0. The van der Waals surface area contributed by atoms with Gasteiger partial charge in [0.25, 0.3) is 0 Å². The van der Waals surface area contributed by atoms with Crippen molar-refractivity contribution in [2.75, 3.05) is 43.0 Å². The largest absolute Gasteiger partial charge is 0.478 e. The van der Waals surface area contributed by atoms with E-state index in [0.29, 0.717) is 22.8 Å². The van der Waals surface area contributed by atoms with Gasteiger partial charge in [-0.05, 0) is 64.1 Å². The van der Waals surface area contributed by atoms with Gasteiger partial charge in [0.05, 0.1) is 17.0 Å². The number of nitrogens with zero attached hydrogens (tertiary/aromatic N) is 4. The first kappa shape index (κ1) is 28.4. The molecule has 3 aromatic carbocycles. The molecule has 4 rings (SSSR count). The van der Waals surface area contributed by atoms with Crippen LogP contribution in [0, 0.1) is 0 Å². The van der Waals surface area contributed by atoms with Gasteiger partial charge in [0.15, 0.2) is 0 Å². The molecule has 208 valence electrons. The number of benzene rings is 3. The van der Waals surface area contributed by atoms with Crippen LogP contribution in [0.25, 0.3) is 33.9 Å². The number of carboxylic acids is 1. The van der Waals surface area contributed by atoms with Crippen molar-refractivity contribution in [3.63, 3.8) is 0 Å². The topological polar surface area (TPSA) is 90.7 Å². The van der Waals surface area contributed by atoms with Crippen molar-refractivity contribution in [3.05, 3.63) is 78.4 Å². The number of amides is 1. The van der Waals surface area contributed by atoms with Crippen LogP contribution in [0.4, 0.5) is 16.2 Å². The van der Waals surface area contributed by atoms with E-state index in [1.807, 2.05) is 24.3 Å². The predicted molar refractivity (Wildman–Crippen MR) is 162 cm³/mol. The van der Waals surface area contributed by atoms with Crippen LogP contribution >= 0.6 is 0 Å². The minimum atomic E-state index is -1.01. The van der Waals surface area contributed by atoms with Crippen molar-refractivity contribution >= 4 is 23.4 Å². The van der Waals surface area contributed by atoms with Gasteiger partial charge in [0, 0.05) is 61.3 Å². The van der Waals surface area contributed by atoms with Crippen LogP contribution in [0.3, 0.4) is 0 Å². The Hall–Kier alpha value is -4.59. The van der Waals surface area contributed by atoms with E-state index in [0.717, 1.165) is 48.7 Å². The van der Waals surface area contributed by atoms with E-state index >= 15 is 0 Å². The first-order valence-corrected chi connectivity index (χ1v) is 13.8. The molecule has 0 saturated heterocycles. The van der Waals surface area contributed by atoms with Gasteiger partial charge in [-0.3, -0.25) is 0 Å². The van der Waals surface area contributed by atoms with Gasteiger partial charge >= 0.3 is 12.0 Å². The molecule has 0 aliphatic heterocycles. The van der Waals surface area contributed by atoms with Crippen molar-refractivity contribution in [1.82, 2.24) is 14.9 Å². The molecule has 0 spiro atoms. The summed E-state index contributed by atoms with van der Waals surface area (Å²) < 4.78 is 1.58. The number of carbonyl (C=O) groups is 2. The molecule has 0 unspecified atom stereocenters. The number of rotatable bonds is 10. The summed E-state index contributed by atoms with van der Waals surface area (Å²) in [6.45, 7) is 12.1. The van der Waals surface area contributed by atoms with Gasteiger partial charge in [0.1, 0.15) is 5.82 Å². The lowest BCUT2D eigenvalue weighted by Gasteiger charge is -2.21. The van der Waals surface area contributed by atoms with Crippen LogP contribution in [0.5, 0.6) is 0 Å². The molecule has 1 aromatic heterocycles. The molecule has 8 heteroatoms. The third kappa shape index (κ3) is 5.57.